The van der Waals surface area contributed by atoms with Gasteiger partial charge in [-0.3, -0.25) is 0 Å². The standard InChI is InChI=1S/C14H12F2O2/c1-9-6-7-10(8-13(9)17-2)18-12-5-3-4-11(15)14(12)16/h3-8H,1-2H3. The van der Waals surface area contributed by atoms with Gasteiger partial charge >= 0.3 is 0 Å². The Morgan fingerprint density at radius 2 is 1.78 bits per heavy atom. The normalized spacial score (nSPS) is 10.2. The summed E-state index contributed by atoms with van der Waals surface area (Å²) in [6.45, 7) is 1.88. The van der Waals surface area contributed by atoms with Crippen molar-refractivity contribution in [3.63, 3.8) is 0 Å². The maximum absolute atomic E-state index is 13.4. The van der Waals surface area contributed by atoms with Crippen molar-refractivity contribution in [3.05, 3.63) is 53.6 Å². The average Bonchev–Trinajstić information content (AvgIpc) is 2.37. The Balaban J connectivity index is 2.31. The molecule has 0 fully saturated rings. The third-order valence-corrected chi connectivity index (χ3v) is 2.52. The van der Waals surface area contributed by atoms with Gasteiger partial charge in [-0.25, -0.2) is 4.39 Å². The first-order valence-corrected chi connectivity index (χ1v) is 5.38. The topological polar surface area (TPSA) is 18.5 Å². The van der Waals surface area contributed by atoms with E-state index in [4.69, 9.17) is 9.47 Å². The molecular formula is C14H12F2O2. The van der Waals surface area contributed by atoms with Crippen LogP contribution >= 0.6 is 0 Å². The molecule has 0 aliphatic carbocycles. The van der Waals surface area contributed by atoms with Crippen LogP contribution in [0.3, 0.4) is 0 Å². The fourth-order valence-electron chi connectivity index (χ4n) is 1.55. The molecule has 0 spiro atoms. The molecule has 0 aliphatic heterocycles. The van der Waals surface area contributed by atoms with Gasteiger partial charge in [0.05, 0.1) is 7.11 Å². The molecule has 0 amide bonds. The van der Waals surface area contributed by atoms with Crippen LogP contribution in [0.4, 0.5) is 8.78 Å². The molecule has 0 unspecified atom stereocenters. The molecule has 0 N–H and O–H groups in total. The van der Waals surface area contributed by atoms with Gasteiger partial charge in [0, 0.05) is 6.07 Å². The molecule has 0 radical (unpaired) electrons. The van der Waals surface area contributed by atoms with Gasteiger partial charge in [0.25, 0.3) is 0 Å². The Hall–Kier alpha value is -2.10. The summed E-state index contributed by atoms with van der Waals surface area (Å²) in [5.74, 6) is -1.07. The Morgan fingerprint density at radius 1 is 1.00 bits per heavy atom. The number of methoxy groups -OCH3 is 1. The van der Waals surface area contributed by atoms with E-state index in [0.717, 1.165) is 11.6 Å². The van der Waals surface area contributed by atoms with Crippen molar-refractivity contribution < 1.29 is 18.3 Å². The molecular weight excluding hydrogens is 238 g/mol. The fraction of sp³-hybridized carbons (Fsp3) is 0.143. The van der Waals surface area contributed by atoms with Gasteiger partial charge in [0.2, 0.25) is 5.82 Å². The third kappa shape index (κ3) is 2.42. The zero-order valence-electron chi connectivity index (χ0n) is 10.0. The van der Waals surface area contributed by atoms with E-state index in [2.05, 4.69) is 0 Å². The number of hydrogen-bond acceptors (Lipinski definition) is 2. The fourth-order valence-corrected chi connectivity index (χ4v) is 1.55. The SMILES string of the molecule is COc1cc(Oc2cccc(F)c2F)ccc1C. The van der Waals surface area contributed by atoms with Crippen LogP contribution in [0.25, 0.3) is 0 Å². The molecule has 2 aromatic rings. The number of rotatable bonds is 3. The lowest BCUT2D eigenvalue weighted by atomic mass is 10.2. The molecule has 94 valence electrons. The van der Waals surface area contributed by atoms with Crippen molar-refractivity contribution in [2.45, 2.75) is 6.92 Å². The van der Waals surface area contributed by atoms with Crippen molar-refractivity contribution in [3.8, 4) is 17.2 Å². The predicted molar refractivity (Wildman–Crippen MR) is 64.2 cm³/mol. The molecule has 18 heavy (non-hydrogen) atoms. The van der Waals surface area contributed by atoms with E-state index in [1.807, 2.05) is 6.92 Å². The lowest BCUT2D eigenvalue weighted by Gasteiger charge is -2.10. The molecule has 2 nitrogen and oxygen atoms in total. The molecule has 0 saturated heterocycles. The largest absolute Gasteiger partial charge is 0.496 e. The number of hydrogen-bond donors (Lipinski definition) is 0. The first-order chi connectivity index (χ1) is 8.61. The summed E-state index contributed by atoms with van der Waals surface area (Å²) in [5, 5.41) is 0. The molecule has 2 rings (SSSR count). The van der Waals surface area contributed by atoms with Crippen molar-refractivity contribution in [2.24, 2.45) is 0 Å². The van der Waals surface area contributed by atoms with Gasteiger partial charge in [-0.05, 0) is 30.7 Å². The van der Waals surface area contributed by atoms with Gasteiger partial charge in [0.15, 0.2) is 11.6 Å². The zero-order valence-corrected chi connectivity index (χ0v) is 10.0. The van der Waals surface area contributed by atoms with Crippen molar-refractivity contribution in [1.82, 2.24) is 0 Å². The summed E-state index contributed by atoms with van der Waals surface area (Å²) in [6, 6.07) is 8.87. The highest BCUT2D eigenvalue weighted by molar-refractivity contribution is 5.42. The Kier molecular flexibility index (Phi) is 3.46. The van der Waals surface area contributed by atoms with Crippen molar-refractivity contribution in [1.29, 1.82) is 0 Å². The maximum Gasteiger partial charge on any atom is 0.201 e. The Labute approximate surface area is 104 Å². The first-order valence-electron chi connectivity index (χ1n) is 5.38. The van der Waals surface area contributed by atoms with Crippen LogP contribution in [0.1, 0.15) is 5.56 Å². The summed E-state index contributed by atoms with van der Waals surface area (Å²) in [4.78, 5) is 0. The molecule has 2 aromatic carbocycles. The molecule has 0 aromatic heterocycles. The van der Waals surface area contributed by atoms with Crippen LogP contribution in [0.15, 0.2) is 36.4 Å². The monoisotopic (exact) mass is 250 g/mol. The average molecular weight is 250 g/mol. The second-order valence-corrected chi connectivity index (χ2v) is 3.79. The van der Waals surface area contributed by atoms with E-state index in [9.17, 15) is 8.78 Å². The number of aryl methyl sites for hydroxylation is 1. The summed E-state index contributed by atoms with van der Waals surface area (Å²) >= 11 is 0. The van der Waals surface area contributed by atoms with Crippen LogP contribution < -0.4 is 9.47 Å². The molecule has 0 aliphatic rings. The summed E-state index contributed by atoms with van der Waals surface area (Å²) < 4.78 is 36.9. The number of ether oxygens (including phenoxy) is 2. The molecule has 4 heteroatoms. The molecule has 0 bridgehead atoms. The predicted octanol–water partition coefficient (Wildman–Crippen LogP) is 4.07. The van der Waals surface area contributed by atoms with Crippen molar-refractivity contribution in [2.75, 3.05) is 7.11 Å². The summed E-state index contributed by atoms with van der Waals surface area (Å²) in [6.07, 6.45) is 0. The van der Waals surface area contributed by atoms with Gasteiger partial charge in [-0.1, -0.05) is 12.1 Å². The summed E-state index contributed by atoms with van der Waals surface area (Å²) in [5.41, 5.74) is 0.935. The van der Waals surface area contributed by atoms with E-state index in [0.29, 0.717) is 11.5 Å². The minimum Gasteiger partial charge on any atom is -0.496 e. The smallest absolute Gasteiger partial charge is 0.201 e. The van der Waals surface area contributed by atoms with Gasteiger partial charge in [-0.15, -0.1) is 0 Å². The lowest BCUT2D eigenvalue weighted by Crippen LogP contribution is -1.93. The maximum atomic E-state index is 13.4. The summed E-state index contributed by atoms with van der Waals surface area (Å²) in [7, 11) is 1.54. The highest BCUT2D eigenvalue weighted by atomic mass is 19.2. The van der Waals surface area contributed by atoms with Crippen LogP contribution in [0, 0.1) is 18.6 Å². The number of halogens is 2. The highest BCUT2D eigenvalue weighted by Gasteiger charge is 2.10. The highest BCUT2D eigenvalue weighted by Crippen LogP contribution is 2.29. The second kappa shape index (κ2) is 5.04. The van der Waals surface area contributed by atoms with Gasteiger partial charge in [-0.2, -0.15) is 4.39 Å². The van der Waals surface area contributed by atoms with E-state index in [-0.39, 0.29) is 5.75 Å². The van der Waals surface area contributed by atoms with Crippen molar-refractivity contribution >= 4 is 0 Å². The van der Waals surface area contributed by atoms with Gasteiger partial charge < -0.3 is 9.47 Å². The Morgan fingerprint density at radius 3 is 2.50 bits per heavy atom. The van der Waals surface area contributed by atoms with Crippen LogP contribution in [0.2, 0.25) is 0 Å². The first kappa shape index (κ1) is 12.4. The second-order valence-electron chi connectivity index (χ2n) is 3.79. The van der Waals surface area contributed by atoms with E-state index < -0.39 is 11.6 Å². The molecule has 0 saturated carbocycles. The Bertz CT molecular complexity index is 568. The quantitative estimate of drug-likeness (QED) is 0.817. The van der Waals surface area contributed by atoms with E-state index in [1.54, 1.807) is 18.2 Å². The number of benzene rings is 2. The van der Waals surface area contributed by atoms with E-state index in [1.165, 1.54) is 19.2 Å². The van der Waals surface area contributed by atoms with Crippen LogP contribution in [-0.4, -0.2) is 7.11 Å². The minimum absolute atomic E-state index is 0.152. The van der Waals surface area contributed by atoms with Gasteiger partial charge in [0.1, 0.15) is 11.5 Å². The molecule has 0 heterocycles. The van der Waals surface area contributed by atoms with Crippen LogP contribution in [-0.2, 0) is 0 Å². The lowest BCUT2D eigenvalue weighted by molar-refractivity contribution is 0.397. The third-order valence-electron chi connectivity index (χ3n) is 2.52. The minimum atomic E-state index is -1.00. The molecule has 0 atom stereocenters. The zero-order chi connectivity index (χ0) is 13.1. The van der Waals surface area contributed by atoms with E-state index >= 15 is 0 Å². The van der Waals surface area contributed by atoms with Crippen LogP contribution in [0.5, 0.6) is 17.2 Å².